The van der Waals surface area contributed by atoms with E-state index in [2.05, 4.69) is 9.97 Å². The van der Waals surface area contributed by atoms with E-state index < -0.39 is 5.97 Å². The molecule has 0 saturated heterocycles. The molecule has 0 bridgehead atoms. The molecule has 3 N–H and O–H groups in total. The topological polar surface area (TPSA) is 98.3 Å². The number of anilines is 1. The summed E-state index contributed by atoms with van der Waals surface area (Å²) in [4.78, 5) is 19.1. The summed E-state index contributed by atoms with van der Waals surface area (Å²) in [5.74, 6) is -0.529. The number of nitrogens with zero attached hydrogens (tertiary/aromatic N) is 2. The number of carboxylic acid groups (broad SMARTS) is 1. The van der Waals surface area contributed by atoms with Crippen molar-refractivity contribution in [1.29, 1.82) is 0 Å². The summed E-state index contributed by atoms with van der Waals surface area (Å²) < 4.78 is 5.66. The lowest BCUT2D eigenvalue weighted by molar-refractivity contribution is -0.143. The van der Waals surface area contributed by atoms with E-state index in [0.29, 0.717) is 18.7 Å². The van der Waals surface area contributed by atoms with Crippen LogP contribution in [-0.4, -0.2) is 27.1 Å². The lowest BCUT2D eigenvalue weighted by Crippen LogP contribution is -2.30. The van der Waals surface area contributed by atoms with E-state index in [9.17, 15) is 4.79 Å². The highest BCUT2D eigenvalue weighted by molar-refractivity contribution is 5.70. The van der Waals surface area contributed by atoms with Gasteiger partial charge in [-0.25, -0.2) is 9.97 Å². The highest BCUT2D eigenvalue weighted by Gasteiger charge is 2.28. The van der Waals surface area contributed by atoms with Gasteiger partial charge in [-0.2, -0.15) is 0 Å². The summed E-state index contributed by atoms with van der Waals surface area (Å²) >= 11 is 0. The maximum atomic E-state index is 11.0. The number of carboxylic acids is 1. The molecule has 6 heteroatoms. The highest BCUT2D eigenvalue weighted by atomic mass is 16.5. The van der Waals surface area contributed by atoms with E-state index in [1.807, 2.05) is 0 Å². The van der Waals surface area contributed by atoms with Crippen LogP contribution in [0.15, 0.2) is 6.20 Å². The van der Waals surface area contributed by atoms with Crippen LogP contribution < -0.4 is 10.5 Å². The molecular weight excluding hydrogens is 234 g/mol. The Kier molecular flexibility index (Phi) is 3.64. The fourth-order valence-electron chi connectivity index (χ4n) is 2.21. The van der Waals surface area contributed by atoms with Crippen molar-refractivity contribution in [3.63, 3.8) is 0 Å². The molecule has 0 amide bonds. The lowest BCUT2D eigenvalue weighted by atomic mass is 9.87. The molecule has 0 unspecified atom stereocenters. The number of ether oxygens (including phenoxy) is 1. The third-order valence-electron chi connectivity index (χ3n) is 3.14. The quantitative estimate of drug-likeness (QED) is 0.842. The Morgan fingerprint density at radius 3 is 3.00 bits per heavy atom. The fraction of sp³-hybridized carbons (Fsp3) is 0.583. The zero-order chi connectivity index (χ0) is 13.1. The first-order chi connectivity index (χ1) is 8.56. The number of hydrogen-bond acceptors (Lipinski definition) is 5. The second kappa shape index (κ2) is 5.20. The average Bonchev–Trinajstić information content (AvgIpc) is 2.33. The van der Waals surface area contributed by atoms with Crippen molar-refractivity contribution in [2.24, 2.45) is 5.92 Å². The van der Waals surface area contributed by atoms with E-state index >= 15 is 0 Å². The first-order valence-electron chi connectivity index (χ1n) is 6.05. The summed E-state index contributed by atoms with van der Waals surface area (Å²) in [6.07, 6.45) is 4.34. The van der Waals surface area contributed by atoms with Crippen molar-refractivity contribution in [3.8, 4) is 5.88 Å². The van der Waals surface area contributed by atoms with Crippen LogP contribution in [0, 0.1) is 12.8 Å². The molecular formula is C12H17N3O3. The smallest absolute Gasteiger partial charge is 0.306 e. The third-order valence-corrected chi connectivity index (χ3v) is 3.14. The Hall–Kier alpha value is -1.85. The van der Waals surface area contributed by atoms with E-state index in [-0.39, 0.29) is 17.8 Å². The Bertz CT molecular complexity index is 450. The van der Waals surface area contributed by atoms with Gasteiger partial charge in [0, 0.05) is 0 Å². The van der Waals surface area contributed by atoms with E-state index in [1.54, 1.807) is 13.1 Å². The minimum atomic E-state index is -0.758. The molecule has 0 spiro atoms. The molecule has 0 radical (unpaired) electrons. The van der Waals surface area contributed by atoms with E-state index in [1.165, 1.54) is 0 Å². The third kappa shape index (κ3) is 2.88. The molecule has 0 aromatic carbocycles. The second-order valence-electron chi connectivity index (χ2n) is 4.64. The van der Waals surface area contributed by atoms with Gasteiger partial charge in [0.1, 0.15) is 6.10 Å². The number of rotatable bonds is 3. The molecule has 1 aromatic rings. The molecule has 6 nitrogen and oxygen atoms in total. The summed E-state index contributed by atoms with van der Waals surface area (Å²) in [6.45, 7) is 1.80. The minimum absolute atomic E-state index is 0.140. The van der Waals surface area contributed by atoms with Crippen LogP contribution in [0.3, 0.4) is 0 Å². The first kappa shape index (κ1) is 12.6. The number of aryl methyl sites for hydroxylation is 1. The Labute approximate surface area is 105 Å². The maximum absolute atomic E-state index is 11.0. The number of carbonyl (C=O) groups is 1. The lowest BCUT2D eigenvalue weighted by Gasteiger charge is -2.26. The van der Waals surface area contributed by atoms with Crippen molar-refractivity contribution in [3.05, 3.63) is 11.9 Å². The van der Waals surface area contributed by atoms with Gasteiger partial charge in [-0.15, -0.1) is 0 Å². The van der Waals surface area contributed by atoms with Crippen LogP contribution >= 0.6 is 0 Å². The predicted octanol–water partition coefficient (Wildman–Crippen LogP) is 1.39. The Balaban J connectivity index is 2.02. The number of aromatic nitrogens is 2. The zero-order valence-corrected chi connectivity index (χ0v) is 10.3. The summed E-state index contributed by atoms with van der Waals surface area (Å²) in [7, 11) is 0. The van der Waals surface area contributed by atoms with Crippen LogP contribution in [0.25, 0.3) is 0 Å². The van der Waals surface area contributed by atoms with Crippen LogP contribution in [-0.2, 0) is 4.79 Å². The van der Waals surface area contributed by atoms with Crippen LogP contribution in [0.2, 0.25) is 0 Å². The standard InChI is InChI=1S/C12H17N3O3/c1-7-6-14-11(10(13)15-7)18-9-4-2-3-8(5-9)12(16)17/h6,8-9H,2-5H2,1H3,(H2,13,15)(H,16,17)/t8-,9-/m0/s1. The van der Waals surface area contributed by atoms with Crippen LogP contribution in [0.5, 0.6) is 5.88 Å². The largest absolute Gasteiger partial charge is 0.481 e. The monoisotopic (exact) mass is 251 g/mol. The Morgan fingerprint density at radius 2 is 2.33 bits per heavy atom. The molecule has 1 fully saturated rings. The predicted molar refractivity (Wildman–Crippen MR) is 65.2 cm³/mol. The molecule has 1 heterocycles. The summed E-state index contributed by atoms with van der Waals surface area (Å²) in [5, 5.41) is 9.00. The van der Waals surface area contributed by atoms with Crippen LogP contribution in [0.4, 0.5) is 5.82 Å². The van der Waals surface area contributed by atoms with Gasteiger partial charge >= 0.3 is 5.97 Å². The van der Waals surface area contributed by atoms with E-state index in [0.717, 1.165) is 18.5 Å². The van der Waals surface area contributed by atoms with Crippen molar-refractivity contribution in [2.75, 3.05) is 5.73 Å². The van der Waals surface area contributed by atoms with Crippen molar-refractivity contribution in [2.45, 2.75) is 38.7 Å². The van der Waals surface area contributed by atoms with Gasteiger partial charge in [-0.3, -0.25) is 4.79 Å². The minimum Gasteiger partial charge on any atom is -0.481 e. The first-order valence-corrected chi connectivity index (χ1v) is 6.05. The summed E-state index contributed by atoms with van der Waals surface area (Å²) in [6, 6.07) is 0. The van der Waals surface area contributed by atoms with Crippen molar-refractivity contribution >= 4 is 11.8 Å². The number of aliphatic carboxylic acids is 1. The van der Waals surface area contributed by atoms with Crippen molar-refractivity contribution in [1.82, 2.24) is 9.97 Å². The van der Waals surface area contributed by atoms with Gasteiger partial charge in [0.15, 0.2) is 5.82 Å². The normalized spacial score (nSPS) is 23.6. The SMILES string of the molecule is Cc1cnc(O[C@H]2CCC[C@H](C(=O)O)C2)c(N)n1. The van der Waals surface area contributed by atoms with E-state index in [4.69, 9.17) is 15.6 Å². The molecule has 1 saturated carbocycles. The van der Waals surface area contributed by atoms with Gasteiger partial charge in [-0.1, -0.05) is 0 Å². The molecule has 1 aliphatic carbocycles. The fourth-order valence-corrected chi connectivity index (χ4v) is 2.21. The molecule has 2 rings (SSSR count). The molecule has 0 aliphatic heterocycles. The zero-order valence-electron chi connectivity index (χ0n) is 10.3. The van der Waals surface area contributed by atoms with Crippen LogP contribution in [0.1, 0.15) is 31.4 Å². The molecule has 1 aromatic heterocycles. The number of nitrogen functional groups attached to an aromatic ring is 1. The van der Waals surface area contributed by atoms with Gasteiger partial charge in [-0.05, 0) is 32.6 Å². The van der Waals surface area contributed by atoms with Gasteiger partial charge in [0.05, 0.1) is 17.8 Å². The number of nitrogens with two attached hydrogens (primary N) is 1. The maximum Gasteiger partial charge on any atom is 0.306 e. The highest BCUT2D eigenvalue weighted by Crippen LogP contribution is 2.28. The average molecular weight is 251 g/mol. The molecule has 2 atom stereocenters. The second-order valence-corrected chi connectivity index (χ2v) is 4.64. The molecule has 98 valence electrons. The van der Waals surface area contributed by atoms with Gasteiger partial charge in [0.25, 0.3) is 5.88 Å². The number of hydrogen-bond donors (Lipinski definition) is 2. The molecule has 18 heavy (non-hydrogen) atoms. The summed E-state index contributed by atoms with van der Waals surface area (Å²) in [5.41, 5.74) is 6.45. The van der Waals surface area contributed by atoms with Crippen molar-refractivity contribution < 1.29 is 14.6 Å². The van der Waals surface area contributed by atoms with Gasteiger partial charge < -0.3 is 15.6 Å². The van der Waals surface area contributed by atoms with Gasteiger partial charge in [0.2, 0.25) is 0 Å². The Morgan fingerprint density at radius 1 is 1.56 bits per heavy atom. The molecule has 1 aliphatic rings.